The first-order valence-electron chi connectivity index (χ1n) is 6.31. The Hall–Kier alpha value is -0.170. The van der Waals surface area contributed by atoms with Gasteiger partial charge in [0.25, 0.3) is 10.2 Å². The molecule has 0 aromatic carbocycles. The minimum Gasteiger partial charge on any atom is -0.328 e. The number of nitrogens with two attached hydrogens (primary N) is 1. The summed E-state index contributed by atoms with van der Waals surface area (Å²) in [5, 5.41) is 0. The molecule has 0 bridgehead atoms. The number of hydrogen-bond donors (Lipinski definition) is 2. The molecule has 0 radical (unpaired) electrons. The van der Waals surface area contributed by atoms with Crippen LogP contribution in [0.15, 0.2) is 0 Å². The molecule has 1 rings (SSSR count). The van der Waals surface area contributed by atoms with E-state index in [1.54, 1.807) is 7.05 Å². The highest BCUT2D eigenvalue weighted by Crippen LogP contribution is 2.22. The van der Waals surface area contributed by atoms with Gasteiger partial charge < -0.3 is 5.73 Å². The third-order valence-electron chi connectivity index (χ3n) is 3.31. The van der Waals surface area contributed by atoms with Crippen molar-refractivity contribution in [2.75, 3.05) is 13.6 Å². The third kappa shape index (κ3) is 4.54. The summed E-state index contributed by atoms with van der Waals surface area (Å²) in [6, 6.07) is 0.338. The first-order valence-corrected chi connectivity index (χ1v) is 7.75. The molecule has 1 fully saturated rings. The van der Waals surface area contributed by atoms with Gasteiger partial charge in [0.05, 0.1) is 0 Å². The second-order valence-corrected chi connectivity index (χ2v) is 7.15. The van der Waals surface area contributed by atoms with Crippen molar-refractivity contribution in [1.82, 2.24) is 9.03 Å². The summed E-state index contributed by atoms with van der Waals surface area (Å²) in [4.78, 5) is 0. The fourth-order valence-corrected chi connectivity index (χ4v) is 3.39. The van der Waals surface area contributed by atoms with Gasteiger partial charge in [-0.2, -0.15) is 12.7 Å². The average Bonchev–Trinajstić information content (AvgIpc) is 2.27. The predicted octanol–water partition coefficient (Wildman–Crippen LogP) is 0.679. The molecular formula is C11H25N3O2S. The molecule has 5 nitrogen and oxygen atoms in total. The lowest BCUT2D eigenvalue weighted by Crippen LogP contribution is -2.47. The molecule has 1 aliphatic carbocycles. The summed E-state index contributed by atoms with van der Waals surface area (Å²) in [7, 11) is -1.67. The largest absolute Gasteiger partial charge is 0.328 e. The summed E-state index contributed by atoms with van der Waals surface area (Å²) in [5.41, 5.74) is 5.82. The highest BCUT2D eigenvalue weighted by atomic mass is 32.2. The zero-order valence-electron chi connectivity index (χ0n) is 11.0. The molecule has 1 aliphatic rings. The molecule has 17 heavy (non-hydrogen) atoms. The van der Waals surface area contributed by atoms with Crippen molar-refractivity contribution in [1.29, 1.82) is 0 Å². The Kier molecular flexibility index (Phi) is 5.37. The van der Waals surface area contributed by atoms with Gasteiger partial charge in [-0.15, -0.1) is 0 Å². The summed E-state index contributed by atoms with van der Waals surface area (Å²) >= 11 is 0. The molecule has 0 heterocycles. The molecular weight excluding hydrogens is 238 g/mol. The molecule has 3 N–H and O–H groups in total. The normalized spacial score (nSPS) is 26.7. The van der Waals surface area contributed by atoms with Gasteiger partial charge in [-0.05, 0) is 31.6 Å². The topological polar surface area (TPSA) is 75.4 Å². The number of nitrogens with zero attached hydrogens (tertiary/aromatic N) is 1. The standard InChI is InChI=1S/C11H25N3O2S/c1-9(2)8-13-17(15,16)14(3)11-6-4-10(12)5-7-11/h9-11,13H,4-8,12H2,1-3H3. The van der Waals surface area contributed by atoms with E-state index < -0.39 is 10.2 Å². The second-order valence-electron chi connectivity index (χ2n) is 5.33. The van der Waals surface area contributed by atoms with Gasteiger partial charge in [0.1, 0.15) is 0 Å². The first kappa shape index (κ1) is 14.9. The smallest absolute Gasteiger partial charge is 0.279 e. The monoisotopic (exact) mass is 263 g/mol. The van der Waals surface area contributed by atoms with Crippen LogP contribution in [0.1, 0.15) is 39.5 Å². The molecule has 0 atom stereocenters. The Morgan fingerprint density at radius 3 is 2.29 bits per heavy atom. The van der Waals surface area contributed by atoms with E-state index in [-0.39, 0.29) is 12.1 Å². The molecule has 0 amide bonds. The van der Waals surface area contributed by atoms with Gasteiger partial charge in [0.2, 0.25) is 0 Å². The van der Waals surface area contributed by atoms with Gasteiger partial charge in [0, 0.05) is 25.7 Å². The van der Waals surface area contributed by atoms with Gasteiger partial charge >= 0.3 is 0 Å². The lowest BCUT2D eigenvalue weighted by atomic mass is 9.92. The highest BCUT2D eigenvalue weighted by molar-refractivity contribution is 7.87. The van der Waals surface area contributed by atoms with Crippen LogP contribution < -0.4 is 10.5 Å². The van der Waals surface area contributed by atoms with Crippen LogP contribution in [0.5, 0.6) is 0 Å². The highest BCUT2D eigenvalue weighted by Gasteiger charge is 2.29. The number of hydrogen-bond acceptors (Lipinski definition) is 3. The average molecular weight is 263 g/mol. The van der Waals surface area contributed by atoms with Crippen molar-refractivity contribution in [3.05, 3.63) is 0 Å². The van der Waals surface area contributed by atoms with Crippen LogP contribution in [0, 0.1) is 5.92 Å². The zero-order valence-corrected chi connectivity index (χ0v) is 11.8. The summed E-state index contributed by atoms with van der Waals surface area (Å²) in [6.07, 6.45) is 3.55. The predicted molar refractivity (Wildman–Crippen MR) is 69.8 cm³/mol. The Balaban J connectivity index is 2.53. The molecule has 0 spiro atoms. The van der Waals surface area contributed by atoms with Crippen LogP contribution in [-0.4, -0.2) is 38.4 Å². The van der Waals surface area contributed by atoms with E-state index in [0.717, 1.165) is 25.7 Å². The molecule has 0 aromatic heterocycles. The SMILES string of the molecule is CC(C)CNS(=O)(=O)N(C)C1CCC(N)CC1. The van der Waals surface area contributed by atoms with Gasteiger partial charge in [-0.1, -0.05) is 13.8 Å². The quantitative estimate of drug-likeness (QED) is 0.766. The number of rotatable bonds is 5. The van der Waals surface area contributed by atoms with Crippen LogP contribution in [0.3, 0.4) is 0 Å². The molecule has 0 unspecified atom stereocenters. The Morgan fingerprint density at radius 2 is 1.82 bits per heavy atom. The lowest BCUT2D eigenvalue weighted by Gasteiger charge is -2.32. The van der Waals surface area contributed by atoms with E-state index in [1.807, 2.05) is 13.8 Å². The maximum atomic E-state index is 12.0. The van der Waals surface area contributed by atoms with Crippen molar-refractivity contribution < 1.29 is 8.42 Å². The molecule has 1 saturated carbocycles. The zero-order chi connectivity index (χ0) is 13.1. The molecule has 0 aromatic rings. The minimum atomic E-state index is -3.33. The summed E-state index contributed by atoms with van der Waals surface area (Å²) in [6.45, 7) is 4.46. The molecule has 0 saturated heterocycles. The van der Waals surface area contributed by atoms with Crippen LogP contribution in [-0.2, 0) is 10.2 Å². The third-order valence-corrected chi connectivity index (χ3v) is 4.90. The molecule has 0 aliphatic heterocycles. The van der Waals surface area contributed by atoms with Crippen LogP contribution in [0.4, 0.5) is 0 Å². The van der Waals surface area contributed by atoms with Crippen LogP contribution in [0.2, 0.25) is 0 Å². The van der Waals surface area contributed by atoms with Crippen molar-refractivity contribution in [3.8, 4) is 0 Å². The van der Waals surface area contributed by atoms with Gasteiger partial charge in [-0.25, -0.2) is 4.72 Å². The first-order chi connectivity index (χ1) is 7.83. The van der Waals surface area contributed by atoms with Crippen molar-refractivity contribution in [2.24, 2.45) is 11.7 Å². The second kappa shape index (κ2) is 6.13. The Labute approximate surface area is 105 Å². The van der Waals surface area contributed by atoms with Crippen molar-refractivity contribution in [2.45, 2.75) is 51.6 Å². The Morgan fingerprint density at radius 1 is 1.29 bits per heavy atom. The van der Waals surface area contributed by atoms with Gasteiger partial charge in [-0.3, -0.25) is 0 Å². The van der Waals surface area contributed by atoms with E-state index in [4.69, 9.17) is 5.73 Å². The van der Waals surface area contributed by atoms with Crippen molar-refractivity contribution in [3.63, 3.8) is 0 Å². The maximum absolute atomic E-state index is 12.0. The molecule has 102 valence electrons. The van der Waals surface area contributed by atoms with E-state index in [0.29, 0.717) is 12.5 Å². The maximum Gasteiger partial charge on any atom is 0.279 e. The fourth-order valence-electron chi connectivity index (χ4n) is 2.04. The molecule has 6 heteroatoms. The Bertz CT molecular complexity index is 322. The van der Waals surface area contributed by atoms with E-state index in [9.17, 15) is 8.42 Å². The van der Waals surface area contributed by atoms with E-state index in [2.05, 4.69) is 4.72 Å². The summed E-state index contributed by atoms with van der Waals surface area (Å²) < 4.78 is 28.1. The van der Waals surface area contributed by atoms with E-state index >= 15 is 0 Å². The van der Waals surface area contributed by atoms with Gasteiger partial charge in [0.15, 0.2) is 0 Å². The van der Waals surface area contributed by atoms with Crippen LogP contribution >= 0.6 is 0 Å². The fraction of sp³-hybridized carbons (Fsp3) is 1.00. The van der Waals surface area contributed by atoms with Crippen molar-refractivity contribution >= 4 is 10.2 Å². The lowest BCUT2D eigenvalue weighted by molar-refractivity contribution is 0.266. The van der Waals surface area contributed by atoms with Crippen LogP contribution in [0.25, 0.3) is 0 Å². The minimum absolute atomic E-state index is 0.0967. The summed E-state index contributed by atoms with van der Waals surface area (Å²) in [5.74, 6) is 0.318. The number of nitrogens with one attached hydrogen (secondary N) is 1. The van der Waals surface area contributed by atoms with E-state index in [1.165, 1.54) is 4.31 Å².